The van der Waals surface area contributed by atoms with Crippen molar-refractivity contribution in [2.24, 2.45) is 9.98 Å². The Balaban J connectivity index is 1.12. The van der Waals surface area contributed by atoms with Gasteiger partial charge >= 0.3 is 0 Å². The fraction of sp³-hybridized carbons (Fsp3) is 0.0200. The fourth-order valence-corrected chi connectivity index (χ4v) is 8.07. The predicted molar refractivity (Wildman–Crippen MR) is 227 cm³/mol. The third kappa shape index (κ3) is 5.28. The molecule has 0 fully saturated rings. The van der Waals surface area contributed by atoms with Gasteiger partial charge in [-0.2, -0.15) is 0 Å². The molecule has 2 aromatic heterocycles. The largest absolute Gasteiger partial charge is 0.456 e. The monoisotopic (exact) mass is 704 g/mol. The molecule has 1 N–H and O–H groups in total. The van der Waals surface area contributed by atoms with Crippen LogP contribution in [0.25, 0.3) is 76.8 Å². The Morgan fingerprint density at radius 1 is 0.436 bits per heavy atom. The molecule has 1 aliphatic heterocycles. The van der Waals surface area contributed by atoms with Gasteiger partial charge in [0.05, 0.1) is 11.2 Å². The number of benzene rings is 8. The highest BCUT2D eigenvalue weighted by Gasteiger charge is 2.24. The molecule has 0 spiro atoms. The molecule has 55 heavy (non-hydrogen) atoms. The Bertz CT molecular complexity index is 3160. The van der Waals surface area contributed by atoms with Crippen molar-refractivity contribution in [2.45, 2.75) is 6.17 Å². The molecule has 11 rings (SSSR count). The van der Waals surface area contributed by atoms with Crippen molar-refractivity contribution in [1.82, 2.24) is 10.3 Å². The Kier molecular flexibility index (Phi) is 7.17. The minimum Gasteiger partial charge on any atom is -0.456 e. The number of rotatable bonds is 5. The van der Waals surface area contributed by atoms with Crippen molar-refractivity contribution in [2.75, 3.05) is 0 Å². The summed E-state index contributed by atoms with van der Waals surface area (Å²) in [4.78, 5) is 15.6. The first-order chi connectivity index (χ1) is 27.2. The Morgan fingerprint density at radius 2 is 1.07 bits per heavy atom. The first kappa shape index (κ1) is 31.2. The van der Waals surface area contributed by atoms with Gasteiger partial charge in [0.15, 0.2) is 6.17 Å². The van der Waals surface area contributed by atoms with Gasteiger partial charge in [-0.3, -0.25) is 0 Å². The fourth-order valence-electron chi connectivity index (χ4n) is 8.07. The SMILES string of the molecule is c1ccc(C2=NC(c3ccc(-c4c5c(cc6c(-c7ccccc7)nc7ccccc7c46)oc4ccccc45)cc3)N=C(c3ccc4ccccc4c3)N2)cc1. The van der Waals surface area contributed by atoms with Crippen molar-refractivity contribution < 1.29 is 4.42 Å². The van der Waals surface area contributed by atoms with E-state index in [2.05, 4.69) is 151 Å². The molecular formula is C50H32N4O. The zero-order valence-corrected chi connectivity index (χ0v) is 29.6. The summed E-state index contributed by atoms with van der Waals surface area (Å²) >= 11 is 0. The maximum atomic E-state index is 6.61. The molecule has 1 unspecified atom stereocenters. The van der Waals surface area contributed by atoms with E-state index in [1.54, 1.807) is 0 Å². The van der Waals surface area contributed by atoms with E-state index in [1.165, 1.54) is 10.8 Å². The summed E-state index contributed by atoms with van der Waals surface area (Å²) in [5.74, 6) is 1.59. The normalized spacial score (nSPS) is 14.4. The van der Waals surface area contributed by atoms with Crippen LogP contribution in [0.1, 0.15) is 22.9 Å². The molecule has 3 heterocycles. The molecule has 258 valence electrons. The molecule has 0 amide bonds. The summed E-state index contributed by atoms with van der Waals surface area (Å²) in [6.07, 6.45) is -0.441. The molecule has 8 aromatic carbocycles. The van der Waals surface area contributed by atoms with Crippen LogP contribution in [-0.4, -0.2) is 16.7 Å². The van der Waals surface area contributed by atoms with Gasteiger partial charge in [0, 0.05) is 49.2 Å². The Morgan fingerprint density at radius 3 is 1.87 bits per heavy atom. The number of pyridine rings is 1. The summed E-state index contributed by atoms with van der Waals surface area (Å²) in [7, 11) is 0. The molecule has 0 bridgehead atoms. The first-order valence-corrected chi connectivity index (χ1v) is 18.5. The van der Waals surface area contributed by atoms with Crippen LogP contribution < -0.4 is 5.32 Å². The van der Waals surface area contributed by atoms with Crippen LogP contribution in [0.15, 0.2) is 196 Å². The number of para-hydroxylation sites is 2. The van der Waals surface area contributed by atoms with Gasteiger partial charge in [-0.15, -0.1) is 0 Å². The molecule has 0 radical (unpaired) electrons. The van der Waals surface area contributed by atoms with Crippen LogP contribution in [0, 0.1) is 0 Å². The number of fused-ring (bicyclic) bond motifs is 7. The van der Waals surface area contributed by atoms with Crippen molar-refractivity contribution in [3.8, 4) is 22.4 Å². The Hall–Kier alpha value is -7.37. The standard InChI is InChI=1S/C50H32N4O/c1-3-14-33(15-4-1)47-40-30-43-46(39-20-10-12-22-42(39)55-43)44(45(40)38-19-9-11-21-41(38)51-47)32-24-26-35(27-25-32)49-52-48(34-16-5-2-6-17-34)53-50(54-49)37-28-23-31-13-7-8-18-36(31)29-37/h1-30,49H,(H,52,53,54). The summed E-state index contributed by atoms with van der Waals surface area (Å²) in [5, 5.41) is 11.4. The average Bonchev–Trinajstić information content (AvgIpc) is 3.64. The number of hydrogen-bond acceptors (Lipinski definition) is 5. The Labute approximate surface area is 317 Å². The molecular weight excluding hydrogens is 673 g/mol. The zero-order valence-electron chi connectivity index (χ0n) is 29.6. The second kappa shape index (κ2) is 12.6. The van der Waals surface area contributed by atoms with Gasteiger partial charge in [0.2, 0.25) is 0 Å². The molecule has 10 aromatic rings. The molecule has 0 saturated heterocycles. The molecule has 0 aliphatic carbocycles. The minimum atomic E-state index is -0.441. The average molecular weight is 705 g/mol. The zero-order chi connectivity index (χ0) is 36.3. The molecule has 5 nitrogen and oxygen atoms in total. The third-order valence-corrected chi connectivity index (χ3v) is 10.7. The number of nitrogens with one attached hydrogen (secondary N) is 1. The summed E-state index contributed by atoms with van der Waals surface area (Å²) in [6.45, 7) is 0. The lowest BCUT2D eigenvalue weighted by atomic mass is 9.89. The topological polar surface area (TPSA) is 62.8 Å². The number of aliphatic imine (C=N–C) groups is 2. The number of furan rings is 1. The van der Waals surface area contributed by atoms with E-state index >= 15 is 0 Å². The van der Waals surface area contributed by atoms with Crippen LogP contribution in [0.2, 0.25) is 0 Å². The lowest BCUT2D eigenvalue weighted by molar-refractivity contribution is 0.669. The molecule has 5 heteroatoms. The highest BCUT2D eigenvalue weighted by atomic mass is 16.3. The predicted octanol–water partition coefficient (Wildman–Crippen LogP) is 12.3. The van der Waals surface area contributed by atoms with Crippen molar-refractivity contribution in [3.63, 3.8) is 0 Å². The lowest BCUT2D eigenvalue weighted by Crippen LogP contribution is -2.36. The minimum absolute atomic E-state index is 0.441. The van der Waals surface area contributed by atoms with E-state index in [0.717, 1.165) is 94.4 Å². The highest BCUT2D eigenvalue weighted by Crippen LogP contribution is 2.46. The van der Waals surface area contributed by atoms with Crippen molar-refractivity contribution >= 4 is 66.1 Å². The second-order valence-corrected chi connectivity index (χ2v) is 14.0. The maximum Gasteiger partial charge on any atom is 0.169 e. The van der Waals surface area contributed by atoms with E-state index in [1.807, 2.05) is 36.4 Å². The van der Waals surface area contributed by atoms with Crippen LogP contribution in [0.5, 0.6) is 0 Å². The quantitative estimate of drug-likeness (QED) is 0.181. The van der Waals surface area contributed by atoms with Gasteiger partial charge in [0.1, 0.15) is 22.8 Å². The van der Waals surface area contributed by atoms with Crippen molar-refractivity contribution in [1.29, 1.82) is 0 Å². The lowest BCUT2D eigenvalue weighted by Gasteiger charge is -2.23. The maximum absolute atomic E-state index is 6.61. The van der Waals surface area contributed by atoms with E-state index in [-0.39, 0.29) is 0 Å². The summed E-state index contributed by atoms with van der Waals surface area (Å²) < 4.78 is 6.61. The summed E-state index contributed by atoms with van der Waals surface area (Å²) in [6, 6.07) is 63.3. The number of nitrogens with zero attached hydrogens (tertiary/aromatic N) is 3. The number of amidine groups is 2. The van der Waals surface area contributed by atoms with Crippen LogP contribution >= 0.6 is 0 Å². The van der Waals surface area contributed by atoms with E-state index in [0.29, 0.717) is 0 Å². The van der Waals surface area contributed by atoms with Crippen LogP contribution in [0.4, 0.5) is 0 Å². The third-order valence-electron chi connectivity index (χ3n) is 10.7. The smallest absolute Gasteiger partial charge is 0.169 e. The van der Waals surface area contributed by atoms with Crippen molar-refractivity contribution in [3.05, 3.63) is 199 Å². The van der Waals surface area contributed by atoms with Gasteiger partial charge in [-0.05, 0) is 46.2 Å². The molecule has 1 atom stereocenters. The number of aromatic nitrogens is 1. The molecule has 0 saturated carbocycles. The molecule has 1 aliphatic rings. The van der Waals surface area contributed by atoms with Gasteiger partial charge in [-0.25, -0.2) is 15.0 Å². The van der Waals surface area contributed by atoms with E-state index in [9.17, 15) is 0 Å². The van der Waals surface area contributed by atoms with Gasteiger partial charge < -0.3 is 9.73 Å². The van der Waals surface area contributed by atoms with Gasteiger partial charge in [0.25, 0.3) is 0 Å². The highest BCUT2D eigenvalue weighted by molar-refractivity contribution is 6.27. The van der Waals surface area contributed by atoms with Crippen LogP contribution in [0.3, 0.4) is 0 Å². The van der Waals surface area contributed by atoms with E-state index in [4.69, 9.17) is 19.4 Å². The number of hydrogen-bond donors (Lipinski definition) is 1. The second-order valence-electron chi connectivity index (χ2n) is 14.0. The summed E-state index contributed by atoms with van der Waals surface area (Å²) in [5.41, 5.74) is 9.88. The van der Waals surface area contributed by atoms with Crippen LogP contribution in [-0.2, 0) is 0 Å². The first-order valence-electron chi connectivity index (χ1n) is 18.5. The van der Waals surface area contributed by atoms with E-state index < -0.39 is 6.17 Å². The van der Waals surface area contributed by atoms with Gasteiger partial charge in [-0.1, -0.05) is 158 Å².